The van der Waals surface area contributed by atoms with Crippen LogP contribution in [0, 0.1) is 20.8 Å². The third kappa shape index (κ3) is 3.14. The molecule has 1 fully saturated rings. The monoisotopic (exact) mass is 316 g/mol. The zero-order valence-corrected chi connectivity index (χ0v) is 13.9. The van der Waals surface area contributed by atoms with E-state index in [2.05, 4.69) is 31.0 Å². The number of para-hydroxylation sites is 1. The number of thiazole rings is 1. The van der Waals surface area contributed by atoms with Crippen LogP contribution in [0.4, 0.5) is 0 Å². The first-order valence-corrected chi connectivity index (χ1v) is 8.32. The van der Waals surface area contributed by atoms with E-state index in [0.717, 1.165) is 27.6 Å². The van der Waals surface area contributed by atoms with E-state index in [0.29, 0.717) is 19.5 Å². The van der Waals surface area contributed by atoms with E-state index in [4.69, 9.17) is 4.74 Å². The van der Waals surface area contributed by atoms with Crippen LogP contribution >= 0.6 is 11.3 Å². The molecule has 0 atom stereocenters. The van der Waals surface area contributed by atoms with Crippen molar-refractivity contribution < 1.29 is 9.53 Å². The summed E-state index contributed by atoms with van der Waals surface area (Å²) >= 11 is 1.58. The van der Waals surface area contributed by atoms with Crippen molar-refractivity contribution >= 4 is 17.2 Å². The molecule has 1 saturated heterocycles. The average molecular weight is 316 g/mol. The number of carbonyl (C=O) groups is 1. The summed E-state index contributed by atoms with van der Waals surface area (Å²) in [5.41, 5.74) is 3.15. The maximum atomic E-state index is 12.2. The Bertz CT molecular complexity index is 669. The quantitative estimate of drug-likeness (QED) is 0.871. The molecule has 1 aliphatic rings. The molecule has 5 heteroatoms. The predicted molar refractivity (Wildman–Crippen MR) is 87.5 cm³/mol. The van der Waals surface area contributed by atoms with Crippen molar-refractivity contribution in [3.63, 3.8) is 0 Å². The van der Waals surface area contributed by atoms with Gasteiger partial charge in [0.25, 0.3) is 0 Å². The van der Waals surface area contributed by atoms with Crippen LogP contribution in [0.2, 0.25) is 0 Å². The minimum atomic E-state index is 0.0981. The van der Waals surface area contributed by atoms with Crippen LogP contribution in [0.5, 0.6) is 5.75 Å². The van der Waals surface area contributed by atoms with Gasteiger partial charge in [-0.15, -0.1) is 11.3 Å². The normalized spacial score (nSPS) is 14.8. The molecule has 0 radical (unpaired) electrons. The van der Waals surface area contributed by atoms with Gasteiger partial charge in [-0.3, -0.25) is 4.79 Å². The number of rotatable bonds is 4. The number of hydrogen-bond donors (Lipinski definition) is 0. The summed E-state index contributed by atoms with van der Waals surface area (Å²) in [4.78, 5) is 18.4. The first-order valence-electron chi connectivity index (χ1n) is 7.44. The molecule has 2 heterocycles. The van der Waals surface area contributed by atoms with Gasteiger partial charge in [0.2, 0.25) is 5.91 Å². The van der Waals surface area contributed by atoms with Crippen molar-refractivity contribution in [3.8, 4) is 5.75 Å². The molecule has 0 unspecified atom stereocenters. The fourth-order valence-corrected chi connectivity index (χ4v) is 3.24. The molecule has 1 aromatic carbocycles. The van der Waals surface area contributed by atoms with Gasteiger partial charge in [-0.2, -0.15) is 0 Å². The van der Waals surface area contributed by atoms with Gasteiger partial charge in [0.05, 0.1) is 30.2 Å². The highest BCUT2D eigenvalue weighted by atomic mass is 32.1. The summed E-state index contributed by atoms with van der Waals surface area (Å²) < 4.78 is 6.04. The number of carbonyl (C=O) groups excluding carboxylic acids is 1. The Kier molecular flexibility index (Phi) is 4.16. The van der Waals surface area contributed by atoms with Gasteiger partial charge >= 0.3 is 0 Å². The van der Waals surface area contributed by atoms with Gasteiger partial charge in [0.1, 0.15) is 11.9 Å². The minimum absolute atomic E-state index is 0.0981. The molecule has 1 aliphatic heterocycles. The van der Waals surface area contributed by atoms with E-state index in [1.54, 1.807) is 11.3 Å². The van der Waals surface area contributed by atoms with Crippen molar-refractivity contribution in [3.05, 3.63) is 45.4 Å². The fraction of sp³-hybridized carbons (Fsp3) is 0.412. The largest absolute Gasteiger partial charge is 0.486 e. The lowest BCUT2D eigenvalue weighted by Crippen LogP contribution is -2.56. The maximum Gasteiger partial charge on any atom is 0.228 e. The van der Waals surface area contributed by atoms with Crippen LogP contribution in [0.3, 0.4) is 0 Å². The Labute approximate surface area is 134 Å². The van der Waals surface area contributed by atoms with Gasteiger partial charge in [-0.25, -0.2) is 4.98 Å². The van der Waals surface area contributed by atoms with Crippen LogP contribution in [-0.4, -0.2) is 35.0 Å². The lowest BCUT2D eigenvalue weighted by atomic mass is 10.1. The molecular formula is C17H20N2O2S. The van der Waals surface area contributed by atoms with Crippen LogP contribution in [0.1, 0.15) is 21.8 Å². The minimum Gasteiger partial charge on any atom is -0.486 e. The fourth-order valence-electron chi connectivity index (χ4n) is 2.62. The number of likely N-dealkylation sites (tertiary alicyclic amines) is 1. The summed E-state index contributed by atoms with van der Waals surface area (Å²) in [6.45, 7) is 7.38. The number of benzene rings is 1. The Balaban J connectivity index is 1.52. The second kappa shape index (κ2) is 6.08. The number of amides is 1. The van der Waals surface area contributed by atoms with Gasteiger partial charge in [-0.1, -0.05) is 18.2 Å². The molecular weight excluding hydrogens is 296 g/mol. The molecule has 116 valence electrons. The van der Waals surface area contributed by atoms with Crippen molar-refractivity contribution in [2.24, 2.45) is 0 Å². The smallest absolute Gasteiger partial charge is 0.228 e. The van der Waals surface area contributed by atoms with Crippen molar-refractivity contribution in [2.75, 3.05) is 13.1 Å². The third-order valence-corrected chi connectivity index (χ3v) is 4.72. The highest BCUT2D eigenvalue weighted by Crippen LogP contribution is 2.26. The van der Waals surface area contributed by atoms with Crippen molar-refractivity contribution in [1.29, 1.82) is 0 Å². The van der Waals surface area contributed by atoms with Gasteiger partial charge in [0.15, 0.2) is 0 Å². The zero-order valence-electron chi connectivity index (χ0n) is 13.1. The second-order valence-electron chi connectivity index (χ2n) is 5.79. The Morgan fingerprint density at radius 2 is 2.00 bits per heavy atom. The number of nitrogens with zero attached hydrogens (tertiary/aromatic N) is 2. The standard InChI is InChI=1S/C17H20N2O2S/c1-11-5-4-6-12(2)17(11)21-15-8-19(9-15)16(20)7-14-10-22-13(3)18-14/h4-6,10,15H,7-9H2,1-3H3. The van der Waals surface area contributed by atoms with E-state index in [1.807, 2.05) is 23.3 Å². The van der Waals surface area contributed by atoms with Crippen LogP contribution < -0.4 is 4.74 Å². The van der Waals surface area contributed by atoms with E-state index in [-0.39, 0.29) is 12.0 Å². The molecule has 0 saturated carbocycles. The number of ether oxygens (including phenoxy) is 1. The highest BCUT2D eigenvalue weighted by Gasteiger charge is 2.32. The van der Waals surface area contributed by atoms with Crippen LogP contribution in [-0.2, 0) is 11.2 Å². The SMILES string of the molecule is Cc1nc(CC(=O)N2CC(Oc3c(C)cccc3C)C2)cs1. The summed E-state index contributed by atoms with van der Waals surface area (Å²) in [7, 11) is 0. The summed E-state index contributed by atoms with van der Waals surface area (Å²) in [6.07, 6.45) is 0.487. The first-order chi connectivity index (χ1) is 10.5. The van der Waals surface area contributed by atoms with Gasteiger partial charge < -0.3 is 9.64 Å². The predicted octanol–water partition coefficient (Wildman–Crippen LogP) is 2.90. The molecule has 1 aromatic heterocycles. The van der Waals surface area contributed by atoms with E-state index < -0.39 is 0 Å². The summed E-state index contributed by atoms with van der Waals surface area (Å²) in [5.74, 6) is 1.08. The molecule has 2 aromatic rings. The number of aromatic nitrogens is 1. The van der Waals surface area contributed by atoms with Crippen LogP contribution in [0.25, 0.3) is 0 Å². The Morgan fingerprint density at radius 3 is 2.59 bits per heavy atom. The highest BCUT2D eigenvalue weighted by molar-refractivity contribution is 7.09. The van der Waals surface area contributed by atoms with E-state index in [9.17, 15) is 4.79 Å². The first kappa shape index (κ1) is 15.0. The molecule has 22 heavy (non-hydrogen) atoms. The maximum absolute atomic E-state index is 12.2. The number of aryl methyl sites for hydroxylation is 3. The topological polar surface area (TPSA) is 42.4 Å². The second-order valence-corrected chi connectivity index (χ2v) is 6.86. The lowest BCUT2D eigenvalue weighted by Gasteiger charge is -2.39. The average Bonchev–Trinajstić information content (AvgIpc) is 2.81. The van der Waals surface area contributed by atoms with Gasteiger partial charge in [0, 0.05) is 5.38 Å². The molecule has 0 N–H and O–H groups in total. The summed E-state index contributed by atoms with van der Waals surface area (Å²) in [6, 6.07) is 6.13. The molecule has 3 rings (SSSR count). The summed E-state index contributed by atoms with van der Waals surface area (Å²) in [5, 5.41) is 2.96. The molecule has 0 spiro atoms. The Morgan fingerprint density at radius 1 is 1.32 bits per heavy atom. The molecule has 0 bridgehead atoms. The third-order valence-electron chi connectivity index (χ3n) is 3.89. The van der Waals surface area contributed by atoms with Crippen molar-refractivity contribution in [1.82, 2.24) is 9.88 Å². The Hall–Kier alpha value is -1.88. The molecule has 1 amide bonds. The number of hydrogen-bond acceptors (Lipinski definition) is 4. The van der Waals surface area contributed by atoms with Gasteiger partial charge in [-0.05, 0) is 31.9 Å². The molecule has 4 nitrogen and oxygen atoms in total. The van der Waals surface area contributed by atoms with E-state index in [1.165, 1.54) is 0 Å². The lowest BCUT2D eigenvalue weighted by molar-refractivity contribution is -0.139. The van der Waals surface area contributed by atoms with Crippen LogP contribution in [0.15, 0.2) is 23.6 Å². The van der Waals surface area contributed by atoms with Crippen molar-refractivity contribution in [2.45, 2.75) is 33.3 Å². The molecule has 0 aliphatic carbocycles. The van der Waals surface area contributed by atoms with E-state index >= 15 is 0 Å². The zero-order chi connectivity index (χ0) is 15.7.